The van der Waals surface area contributed by atoms with Gasteiger partial charge in [0.25, 0.3) is 0 Å². The second kappa shape index (κ2) is 4.27. The van der Waals surface area contributed by atoms with Crippen LogP contribution in [0.3, 0.4) is 0 Å². The fourth-order valence-electron chi connectivity index (χ4n) is 2.86. The Balaban J connectivity index is 2.30. The van der Waals surface area contributed by atoms with Crippen LogP contribution in [0.2, 0.25) is 0 Å². The van der Waals surface area contributed by atoms with E-state index in [9.17, 15) is 0 Å². The molecular formula is C18H19N. The van der Waals surface area contributed by atoms with Crippen molar-refractivity contribution in [2.24, 2.45) is 0 Å². The third-order valence-electron chi connectivity index (χ3n) is 3.99. The molecule has 1 aromatic heterocycles. The van der Waals surface area contributed by atoms with Gasteiger partial charge in [-0.05, 0) is 50.1 Å². The van der Waals surface area contributed by atoms with E-state index in [0.717, 1.165) is 6.42 Å². The van der Waals surface area contributed by atoms with Gasteiger partial charge in [0.2, 0.25) is 0 Å². The van der Waals surface area contributed by atoms with Crippen LogP contribution in [0.15, 0.2) is 48.6 Å². The summed E-state index contributed by atoms with van der Waals surface area (Å²) in [5, 5.41) is 1.36. The zero-order valence-corrected chi connectivity index (χ0v) is 11.8. The van der Waals surface area contributed by atoms with Crippen molar-refractivity contribution in [1.29, 1.82) is 0 Å². The summed E-state index contributed by atoms with van der Waals surface area (Å²) in [7, 11) is 0. The lowest BCUT2D eigenvalue weighted by Gasteiger charge is -2.16. The lowest BCUT2D eigenvalue weighted by atomic mass is 10.1. The Morgan fingerprint density at radius 3 is 2.68 bits per heavy atom. The number of nitrogens with zero attached hydrogens (tertiary/aromatic N) is 1. The topological polar surface area (TPSA) is 4.93 Å². The van der Waals surface area contributed by atoms with Gasteiger partial charge in [-0.3, -0.25) is 0 Å². The van der Waals surface area contributed by atoms with Crippen molar-refractivity contribution in [3.05, 3.63) is 65.4 Å². The molecule has 0 saturated heterocycles. The van der Waals surface area contributed by atoms with Crippen LogP contribution in [-0.4, -0.2) is 4.57 Å². The Kier molecular flexibility index (Phi) is 2.70. The first kappa shape index (κ1) is 12.0. The number of fused-ring (bicyclic) bond motifs is 1. The van der Waals surface area contributed by atoms with Crippen LogP contribution in [0.1, 0.15) is 23.2 Å². The summed E-state index contributed by atoms with van der Waals surface area (Å²) in [6, 6.07) is 6.70. The molecule has 1 heterocycles. The Morgan fingerprint density at radius 1 is 1.16 bits per heavy atom. The van der Waals surface area contributed by atoms with E-state index in [4.69, 9.17) is 0 Å². The van der Waals surface area contributed by atoms with Gasteiger partial charge in [0.15, 0.2) is 0 Å². The first-order valence-electron chi connectivity index (χ1n) is 6.71. The minimum absolute atomic E-state index is 0.925. The van der Waals surface area contributed by atoms with Crippen LogP contribution < -0.4 is 0 Å². The molecule has 3 rings (SSSR count). The third-order valence-corrected chi connectivity index (χ3v) is 3.99. The van der Waals surface area contributed by atoms with Gasteiger partial charge in [-0.1, -0.05) is 30.4 Å². The average molecular weight is 249 g/mol. The van der Waals surface area contributed by atoms with Crippen LogP contribution >= 0.6 is 0 Å². The number of aromatic nitrogens is 1. The van der Waals surface area contributed by atoms with Gasteiger partial charge >= 0.3 is 0 Å². The second-order valence-corrected chi connectivity index (χ2v) is 5.42. The van der Waals surface area contributed by atoms with Gasteiger partial charge in [0, 0.05) is 23.2 Å². The Hall–Kier alpha value is -2.02. The molecule has 0 radical (unpaired) electrons. The van der Waals surface area contributed by atoms with Gasteiger partial charge in [-0.25, -0.2) is 0 Å². The maximum Gasteiger partial charge on any atom is 0.0531 e. The van der Waals surface area contributed by atoms with Crippen molar-refractivity contribution in [3.63, 3.8) is 0 Å². The molecular weight excluding hydrogens is 230 g/mol. The van der Waals surface area contributed by atoms with Crippen molar-refractivity contribution in [3.8, 4) is 0 Å². The highest BCUT2D eigenvalue weighted by Crippen LogP contribution is 2.32. The standard InChI is InChI=1S/C18H19N/c1-12-6-5-7-16(10-12)19-15(4)14(3)17-11-13(2)8-9-18(17)19/h5-9,11H,1,10H2,2-4H3. The summed E-state index contributed by atoms with van der Waals surface area (Å²) >= 11 is 0. The van der Waals surface area contributed by atoms with Crippen molar-refractivity contribution in [1.82, 2.24) is 4.57 Å². The number of aryl methyl sites for hydroxylation is 2. The SMILES string of the molecule is C=C1C=CC=C(n2c(C)c(C)c3cc(C)ccc32)C1. The first-order valence-corrected chi connectivity index (χ1v) is 6.71. The van der Waals surface area contributed by atoms with Gasteiger partial charge < -0.3 is 4.57 Å². The van der Waals surface area contributed by atoms with Crippen LogP contribution in [0, 0.1) is 20.8 Å². The molecule has 0 fully saturated rings. The monoisotopic (exact) mass is 249 g/mol. The smallest absolute Gasteiger partial charge is 0.0531 e. The van der Waals surface area contributed by atoms with E-state index in [-0.39, 0.29) is 0 Å². The lowest BCUT2D eigenvalue weighted by molar-refractivity contribution is 1.01. The van der Waals surface area contributed by atoms with Crippen LogP contribution in [0.5, 0.6) is 0 Å². The van der Waals surface area contributed by atoms with Crippen LogP contribution in [-0.2, 0) is 0 Å². The lowest BCUT2D eigenvalue weighted by Crippen LogP contribution is -2.02. The molecule has 0 N–H and O–H groups in total. The van der Waals surface area contributed by atoms with E-state index in [1.54, 1.807) is 0 Å². The predicted octanol–water partition coefficient (Wildman–Crippen LogP) is 4.92. The maximum absolute atomic E-state index is 4.08. The highest BCUT2D eigenvalue weighted by atomic mass is 15.0. The third kappa shape index (κ3) is 1.86. The zero-order chi connectivity index (χ0) is 13.6. The quantitative estimate of drug-likeness (QED) is 0.675. The minimum Gasteiger partial charge on any atom is -0.317 e. The molecule has 1 nitrogen and oxygen atoms in total. The summed E-state index contributed by atoms with van der Waals surface area (Å²) in [6.45, 7) is 10.6. The zero-order valence-electron chi connectivity index (χ0n) is 11.8. The van der Waals surface area contributed by atoms with Gasteiger partial charge in [0.1, 0.15) is 0 Å². The summed E-state index contributed by atoms with van der Waals surface area (Å²) in [6.07, 6.45) is 7.30. The molecule has 0 aliphatic heterocycles. The van der Waals surface area contributed by atoms with E-state index in [1.165, 1.54) is 39.0 Å². The highest BCUT2D eigenvalue weighted by molar-refractivity contribution is 5.89. The second-order valence-electron chi connectivity index (χ2n) is 5.42. The van der Waals surface area contributed by atoms with Crippen molar-refractivity contribution in [2.75, 3.05) is 0 Å². The molecule has 1 aromatic carbocycles. The summed E-state index contributed by atoms with van der Waals surface area (Å²) in [5.74, 6) is 0. The number of hydrogen-bond acceptors (Lipinski definition) is 0. The normalized spacial score (nSPS) is 15.1. The summed E-state index contributed by atoms with van der Waals surface area (Å²) < 4.78 is 2.37. The van der Waals surface area contributed by atoms with E-state index < -0.39 is 0 Å². The van der Waals surface area contributed by atoms with E-state index in [2.05, 4.69) is 68.3 Å². The fraction of sp³-hybridized carbons (Fsp3) is 0.222. The fourth-order valence-corrected chi connectivity index (χ4v) is 2.86. The molecule has 0 bridgehead atoms. The molecule has 1 heteroatoms. The first-order chi connectivity index (χ1) is 9.08. The Bertz CT molecular complexity index is 739. The summed E-state index contributed by atoms with van der Waals surface area (Å²) in [5.41, 5.74) is 7.80. The number of hydrogen-bond donors (Lipinski definition) is 0. The number of allylic oxidation sites excluding steroid dienone is 5. The molecule has 1 aliphatic carbocycles. The van der Waals surface area contributed by atoms with Crippen LogP contribution in [0.25, 0.3) is 16.6 Å². The molecule has 1 aliphatic rings. The summed E-state index contributed by atoms with van der Waals surface area (Å²) in [4.78, 5) is 0. The van der Waals surface area contributed by atoms with E-state index in [1.807, 2.05) is 0 Å². The molecule has 0 amide bonds. The molecule has 19 heavy (non-hydrogen) atoms. The van der Waals surface area contributed by atoms with Crippen LogP contribution in [0.4, 0.5) is 0 Å². The highest BCUT2D eigenvalue weighted by Gasteiger charge is 2.15. The molecule has 0 spiro atoms. The largest absolute Gasteiger partial charge is 0.317 e. The average Bonchev–Trinajstić information content (AvgIpc) is 2.62. The van der Waals surface area contributed by atoms with Crippen molar-refractivity contribution >= 4 is 16.6 Å². The minimum atomic E-state index is 0.925. The van der Waals surface area contributed by atoms with Gasteiger partial charge in [-0.2, -0.15) is 0 Å². The van der Waals surface area contributed by atoms with Crippen molar-refractivity contribution in [2.45, 2.75) is 27.2 Å². The Labute approximate surface area is 114 Å². The molecule has 0 unspecified atom stereocenters. The van der Waals surface area contributed by atoms with Crippen molar-refractivity contribution < 1.29 is 0 Å². The van der Waals surface area contributed by atoms with Gasteiger partial charge in [0.05, 0.1) is 5.52 Å². The Morgan fingerprint density at radius 2 is 1.95 bits per heavy atom. The number of rotatable bonds is 1. The van der Waals surface area contributed by atoms with E-state index in [0.29, 0.717) is 0 Å². The molecule has 0 atom stereocenters. The predicted molar refractivity (Wildman–Crippen MR) is 83.3 cm³/mol. The maximum atomic E-state index is 4.08. The molecule has 2 aromatic rings. The number of benzene rings is 1. The van der Waals surface area contributed by atoms with E-state index >= 15 is 0 Å². The molecule has 96 valence electrons. The van der Waals surface area contributed by atoms with Gasteiger partial charge in [-0.15, -0.1) is 0 Å². The molecule has 0 saturated carbocycles.